The second-order valence-electron chi connectivity index (χ2n) is 7.60. The molecule has 1 N–H and O–H groups in total. The number of rotatable bonds is 6. The van der Waals surface area contributed by atoms with Gasteiger partial charge in [-0.25, -0.2) is 0 Å². The smallest absolute Gasteiger partial charge is 0.257 e. The van der Waals surface area contributed by atoms with Crippen molar-refractivity contribution in [2.24, 2.45) is 0 Å². The topological polar surface area (TPSA) is 35.6 Å². The molecule has 0 aliphatic carbocycles. The summed E-state index contributed by atoms with van der Waals surface area (Å²) in [7, 11) is 0. The van der Waals surface area contributed by atoms with Crippen molar-refractivity contribution < 1.29 is 4.79 Å². The van der Waals surface area contributed by atoms with Crippen molar-refractivity contribution in [3.05, 3.63) is 88.9 Å². The molecule has 3 aromatic rings. The van der Waals surface area contributed by atoms with E-state index in [1.165, 1.54) is 11.3 Å². The lowest BCUT2D eigenvalue weighted by atomic mass is 10.1. The Hall–Kier alpha value is -2.47. The molecular weight excluding hydrogens is 426 g/mol. The largest absolute Gasteiger partial charge is 0.369 e. The molecule has 0 unspecified atom stereocenters. The van der Waals surface area contributed by atoms with Crippen LogP contribution in [0.5, 0.6) is 0 Å². The summed E-state index contributed by atoms with van der Waals surface area (Å²) in [6.45, 7) is 5.07. The quantitative estimate of drug-likeness (QED) is 0.492. The summed E-state index contributed by atoms with van der Waals surface area (Å²) in [6.07, 6.45) is 1.98. The van der Waals surface area contributed by atoms with Gasteiger partial charge in [-0.1, -0.05) is 41.9 Å². The summed E-state index contributed by atoms with van der Waals surface area (Å²) in [5.41, 5.74) is 3.80. The fraction of sp³-hybridized carbons (Fsp3) is 0.240. The highest BCUT2D eigenvalue weighted by molar-refractivity contribution is 7.98. The zero-order valence-corrected chi connectivity index (χ0v) is 19.1. The molecule has 4 nitrogen and oxygen atoms in total. The highest BCUT2D eigenvalue weighted by Gasteiger charge is 2.17. The third-order valence-corrected chi connectivity index (χ3v) is 6.58. The number of thioether (sulfide) groups is 1. The average molecular weight is 452 g/mol. The van der Waals surface area contributed by atoms with Crippen molar-refractivity contribution in [1.29, 1.82) is 0 Å². The van der Waals surface area contributed by atoms with Crippen LogP contribution in [0.25, 0.3) is 0 Å². The molecular formula is C25H26ClN3OS. The standard InChI is InChI=1S/C25H26ClN3OS/c1-31-22-11-12-24(26)23(17-22)25(30)27-20-7-9-21(10-8-20)29-15-13-28(14-16-29)18-19-5-3-2-4-6-19/h2-12,17H,13-16,18H2,1H3,(H,27,30). The number of nitrogens with zero attached hydrogens (tertiary/aromatic N) is 2. The maximum absolute atomic E-state index is 12.7. The number of carbonyl (C=O) groups excluding carboxylic acids is 1. The van der Waals surface area contributed by atoms with Crippen molar-refractivity contribution in [1.82, 2.24) is 4.90 Å². The Morgan fingerprint density at radius 1 is 0.968 bits per heavy atom. The van der Waals surface area contributed by atoms with Crippen molar-refractivity contribution in [3.63, 3.8) is 0 Å². The predicted molar refractivity (Wildman–Crippen MR) is 132 cm³/mol. The Morgan fingerprint density at radius 3 is 2.35 bits per heavy atom. The second kappa shape index (κ2) is 10.2. The predicted octanol–water partition coefficient (Wildman–Crippen LogP) is 5.64. The first-order chi connectivity index (χ1) is 15.1. The van der Waals surface area contributed by atoms with Crippen LogP contribution in [0.3, 0.4) is 0 Å². The normalized spacial score (nSPS) is 14.5. The molecule has 6 heteroatoms. The van der Waals surface area contributed by atoms with E-state index in [-0.39, 0.29) is 5.91 Å². The van der Waals surface area contributed by atoms with Gasteiger partial charge in [0.15, 0.2) is 0 Å². The van der Waals surface area contributed by atoms with Gasteiger partial charge in [0.2, 0.25) is 0 Å². The molecule has 1 aliphatic heterocycles. The Labute approximate surface area is 193 Å². The minimum Gasteiger partial charge on any atom is -0.369 e. The SMILES string of the molecule is CSc1ccc(Cl)c(C(=O)Nc2ccc(N3CCN(Cc4ccccc4)CC3)cc2)c1. The van der Waals surface area contributed by atoms with Crippen LogP contribution in [0.15, 0.2) is 77.7 Å². The van der Waals surface area contributed by atoms with E-state index in [4.69, 9.17) is 11.6 Å². The average Bonchev–Trinajstić information content (AvgIpc) is 2.81. The summed E-state index contributed by atoms with van der Waals surface area (Å²) in [6, 6.07) is 24.2. The van der Waals surface area contributed by atoms with Crippen LogP contribution < -0.4 is 10.2 Å². The number of halogens is 1. The first-order valence-electron chi connectivity index (χ1n) is 10.4. The van der Waals surface area contributed by atoms with E-state index >= 15 is 0 Å². The van der Waals surface area contributed by atoms with Crippen LogP contribution >= 0.6 is 23.4 Å². The molecule has 31 heavy (non-hydrogen) atoms. The monoisotopic (exact) mass is 451 g/mol. The van der Waals surface area contributed by atoms with Gasteiger partial charge >= 0.3 is 0 Å². The Balaban J connectivity index is 1.33. The number of hydrogen-bond donors (Lipinski definition) is 1. The molecule has 0 atom stereocenters. The molecule has 0 saturated carbocycles. The van der Waals surface area contributed by atoms with Crippen LogP contribution in [-0.2, 0) is 6.54 Å². The van der Waals surface area contributed by atoms with Crippen molar-refractivity contribution in [3.8, 4) is 0 Å². The first kappa shape index (κ1) is 21.8. The minimum atomic E-state index is -0.192. The van der Waals surface area contributed by atoms with E-state index in [0.717, 1.165) is 43.3 Å². The number of carbonyl (C=O) groups is 1. The van der Waals surface area contributed by atoms with E-state index < -0.39 is 0 Å². The fourth-order valence-electron chi connectivity index (χ4n) is 3.77. The molecule has 4 rings (SSSR count). The summed E-state index contributed by atoms with van der Waals surface area (Å²) >= 11 is 7.81. The maximum atomic E-state index is 12.7. The maximum Gasteiger partial charge on any atom is 0.257 e. The van der Waals surface area contributed by atoms with Gasteiger partial charge in [-0.3, -0.25) is 9.69 Å². The number of amides is 1. The first-order valence-corrected chi connectivity index (χ1v) is 12.0. The van der Waals surface area contributed by atoms with Gasteiger partial charge in [0, 0.05) is 49.0 Å². The van der Waals surface area contributed by atoms with Crippen molar-refractivity contribution >= 4 is 40.6 Å². The van der Waals surface area contributed by atoms with Crippen LogP contribution in [0.1, 0.15) is 15.9 Å². The summed E-state index contributed by atoms with van der Waals surface area (Å²) in [5.74, 6) is -0.192. The molecule has 1 aliphatic rings. The number of piperazine rings is 1. The zero-order chi connectivity index (χ0) is 21.6. The highest BCUT2D eigenvalue weighted by atomic mass is 35.5. The van der Waals surface area contributed by atoms with Crippen molar-refractivity contribution in [2.45, 2.75) is 11.4 Å². The molecule has 0 bridgehead atoms. The van der Waals surface area contributed by atoms with Gasteiger partial charge in [0.05, 0.1) is 10.6 Å². The van der Waals surface area contributed by atoms with Crippen molar-refractivity contribution in [2.75, 3.05) is 42.7 Å². The molecule has 3 aromatic carbocycles. The molecule has 0 aromatic heterocycles. The van der Waals surface area contributed by atoms with E-state index in [0.29, 0.717) is 10.6 Å². The minimum absolute atomic E-state index is 0.192. The van der Waals surface area contributed by atoms with Gasteiger partial charge < -0.3 is 10.2 Å². The van der Waals surface area contributed by atoms with Gasteiger partial charge in [-0.05, 0) is 54.3 Å². The number of anilines is 2. The van der Waals surface area contributed by atoms with E-state index in [9.17, 15) is 4.79 Å². The van der Waals surface area contributed by atoms with Crippen LogP contribution in [0.4, 0.5) is 11.4 Å². The molecule has 1 saturated heterocycles. The molecule has 160 valence electrons. The molecule has 0 radical (unpaired) electrons. The van der Waals surface area contributed by atoms with E-state index in [1.54, 1.807) is 17.8 Å². The van der Waals surface area contributed by atoms with Gasteiger partial charge in [0.1, 0.15) is 0 Å². The zero-order valence-electron chi connectivity index (χ0n) is 17.6. The highest BCUT2D eigenvalue weighted by Crippen LogP contribution is 2.25. The van der Waals surface area contributed by atoms with E-state index in [2.05, 4.69) is 57.6 Å². The fourth-order valence-corrected chi connectivity index (χ4v) is 4.41. The lowest BCUT2D eigenvalue weighted by Gasteiger charge is -2.36. The number of hydrogen-bond acceptors (Lipinski definition) is 4. The van der Waals surface area contributed by atoms with Gasteiger partial charge in [-0.2, -0.15) is 0 Å². The molecule has 0 spiro atoms. The van der Waals surface area contributed by atoms with Gasteiger partial charge in [-0.15, -0.1) is 11.8 Å². The van der Waals surface area contributed by atoms with Crippen LogP contribution in [0.2, 0.25) is 5.02 Å². The van der Waals surface area contributed by atoms with Crippen LogP contribution in [0, 0.1) is 0 Å². The Bertz CT molecular complexity index is 1020. The lowest BCUT2D eigenvalue weighted by Crippen LogP contribution is -2.45. The molecule has 1 heterocycles. The molecule has 1 fully saturated rings. The summed E-state index contributed by atoms with van der Waals surface area (Å²) in [4.78, 5) is 18.6. The summed E-state index contributed by atoms with van der Waals surface area (Å²) < 4.78 is 0. The lowest BCUT2D eigenvalue weighted by molar-refractivity contribution is 0.102. The Kier molecular flexibility index (Phi) is 7.17. The number of benzene rings is 3. The number of nitrogens with one attached hydrogen (secondary N) is 1. The molecule has 1 amide bonds. The summed E-state index contributed by atoms with van der Waals surface area (Å²) in [5, 5.41) is 3.41. The third-order valence-electron chi connectivity index (χ3n) is 5.53. The third kappa shape index (κ3) is 5.62. The van der Waals surface area contributed by atoms with Gasteiger partial charge in [0.25, 0.3) is 5.91 Å². The second-order valence-corrected chi connectivity index (χ2v) is 8.88. The Morgan fingerprint density at radius 2 is 1.68 bits per heavy atom. The van der Waals surface area contributed by atoms with E-state index in [1.807, 2.05) is 30.5 Å². The van der Waals surface area contributed by atoms with Crippen LogP contribution in [-0.4, -0.2) is 43.2 Å².